The van der Waals surface area contributed by atoms with Crippen molar-refractivity contribution in [3.05, 3.63) is 52.0 Å². The van der Waals surface area contributed by atoms with Crippen LogP contribution in [0, 0.1) is 5.92 Å². The van der Waals surface area contributed by atoms with Crippen molar-refractivity contribution in [1.82, 2.24) is 15.0 Å². The second-order valence-electron chi connectivity index (χ2n) is 8.30. The molecule has 0 amide bonds. The lowest BCUT2D eigenvalue weighted by atomic mass is 9.99. The molecule has 2 heterocycles. The van der Waals surface area contributed by atoms with Gasteiger partial charge < -0.3 is 19.5 Å². The van der Waals surface area contributed by atoms with E-state index in [0.29, 0.717) is 58.3 Å². The fraction of sp³-hybridized carbons (Fsp3) is 0.333. The minimum absolute atomic E-state index is 0.0146. The summed E-state index contributed by atoms with van der Waals surface area (Å²) in [5, 5.41) is 21.5. The summed E-state index contributed by atoms with van der Waals surface area (Å²) < 4.78 is 11.1. The molecule has 35 heavy (non-hydrogen) atoms. The van der Waals surface area contributed by atoms with Gasteiger partial charge in [-0.1, -0.05) is 34.4 Å². The Kier molecular flexibility index (Phi) is 8.71. The molecule has 2 aromatic carbocycles. The van der Waals surface area contributed by atoms with Gasteiger partial charge in [-0.05, 0) is 49.7 Å². The predicted octanol–water partition coefficient (Wildman–Crippen LogP) is 5.10. The molecule has 1 saturated heterocycles. The molecule has 0 radical (unpaired) electrons. The lowest BCUT2D eigenvalue weighted by molar-refractivity contribution is -0.147. The molecule has 9 nitrogen and oxygen atoms in total. The topological polar surface area (TPSA) is 126 Å². The maximum Gasteiger partial charge on any atom is 0.309 e. The van der Waals surface area contributed by atoms with Gasteiger partial charge >= 0.3 is 5.97 Å². The van der Waals surface area contributed by atoms with Gasteiger partial charge in [-0.25, -0.2) is 0 Å². The van der Waals surface area contributed by atoms with Crippen molar-refractivity contribution < 1.29 is 29.1 Å². The van der Waals surface area contributed by atoms with E-state index in [9.17, 15) is 4.79 Å². The first-order valence-electron chi connectivity index (χ1n) is 10.8. The second kappa shape index (κ2) is 11.5. The van der Waals surface area contributed by atoms with Crippen LogP contribution in [0.25, 0.3) is 22.8 Å². The van der Waals surface area contributed by atoms with Crippen LogP contribution in [0.3, 0.4) is 0 Å². The second-order valence-corrected chi connectivity index (χ2v) is 9.11. The van der Waals surface area contributed by atoms with Crippen LogP contribution in [0.4, 0.5) is 0 Å². The van der Waals surface area contributed by atoms with Crippen LogP contribution in [-0.2, 0) is 16.1 Å². The molecule has 11 heteroatoms. The molecule has 0 spiro atoms. The average Bonchev–Trinajstić information content (AvgIpc) is 3.22. The van der Waals surface area contributed by atoms with Gasteiger partial charge in [-0.3, -0.25) is 14.5 Å². The maximum atomic E-state index is 11.0. The summed E-state index contributed by atoms with van der Waals surface area (Å²) in [5.41, 5.74) is 2.31. The van der Waals surface area contributed by atoms with E-state index in [2.05, 4.69) is 15.0 Å². The molecule has 2 N–H and O–H groups in total. The van der Waals surface area contributed by atoms with Crippen LogP contribution in [0.15, 0.2) is 40.9 Å². The summed E-state index contributed by atoms with van der Waals surface area (Å²) in [6.07, 6.45) is 0.0146. The van der Waals surface area contributed by atoms with Gasteiger partial charge in [0.1, 0.15) is 5.75 Å². The number of carbonyl (C=O) groups is 2. The van der Waals surface area contributed by atoms with Gasteiger partial charge in [0, 0.05) is 32.1 Å². The molecule has 1 aromatic heterocycles. The summed E-state index contributed by atoms with van der Waals surface area (Å²) >= 11 is 12.7. The molecule has 0 bridgehead atoms. The van der Waals surface area contributed by atoms with E-state index in [1.54, 1.807) is 18.2 Å². The summed E-state index contributed by atoms with van der Waals surface area (Å²) in [6.45, 7) is 6.65. The van der Waals surface area contributed by atoms with Crippen molar-refractivity contribution in [1.29, 1.82) is 0 Å². The average molecular weight is 522 g/mol. The minimum Gasteiger partial charge on any atom is -0.489 e. The van der Waals surface area contributed by atoms with Crippen molar-refractivity contribution in [2.24, 2.45) is 5.92 Å². The number of carboxylic acid groups (broad SMARTS) is 2. The number of halogens is 2. The summed E-state index contributed by atoms with van der Waals surface area (Å²) in [6, 6.07) is 10.9. The Morgan fingerprint density at radius 3 is 2.43 bits per heavy atom. The third-order valence-electron chi connectivity index (χ3n) is 4.95. The molecular formula is C24H25Cl2N3O6. The van der Waals surface area contributed by atoms with Crippen molar-refractivity contribution in [2.75, 3.05) is 13.1 Å². The Bertz CT molecular complexity index is 1200. The van der Waals surface area contributed by atoms with E-state index in [-0.39, 0.29) is 12.0 Å². The van der Waals surface area contributed by atoms with Crippen LogP contribution in [0.1, 0.15) is 26.3 Å². The van der Waals surface area contributed by atoms with E-state index in [0.717, 1.165) is 12.5 Å². The SMILES string of the molecule is CC(=O)O.CC(C)Oc1ccc(-c2noc(-c3cc(CN4CC(C(=O)O)C4)ccc3Cl)n2)cc1Cl. The zero-order chi connectivity index (χ0) is 25.7. The monoisotopic (exact) mass is 521 g/mol. The van der Waals surface area contributed by atoms with Crippen LogP contribution in [-0.4, -0.2) is 56.4 Å². The standard InChI is InChI=1S/C22H21Cl2N3O4.C2H4O2/c1-12(2)30-19-6-4-14(8-18(19)24)20-25-21(31-26-20)16-7-13(3-5-17(16)23)9-27-10-15(11-27)22(28)29;1-2(3)4/h3-8,12,15H,9-11H2,1-2H3,(H,28,29);1H3,(H,3,4). The van der Waals surface area contributed by atoms with Crippen LogP contribution in [0.2, 0.25) is 10.0 Å². The molecule has 4 rings (SSSR count). The Balaban J connectivity index is 0.000000795. The number of carboxylic acids is 2. The lowest BCUT2D eigenvalue weighted by Crippen LogP contribution is -2.49. The largest absolute Gasteiger partial charge is 0.489 e. The Labute approximate surface area is 212 Å². The number of likely N-dealkylation sites (tertiary alicyclic amines) is 1. The molecule has 1 fully saturated rings. The summed E-state index contributed by atoms with van der Waals surface area (Å²) in [5.74, 6) is -0.602. The molecule has 0 atom stereocenters. The van der Waals surface area contributed by atoms with Gasteiger partial charge in [0.05, 0.1) is 27.6 Å². The first kappa shape index (κ1) is 26.5. The number of hydrogen-bond acceptors (Lipinski definition) is 7. The van der Waals surface area contributed by atoms with E-state index in [1.807, 2.05) is 32.0 Å². The number of hydrogen-bond donors (Lipinski definition) is 2. The van der Waals surface area contributed by atoms with E-state index in [1.165, 1.54) is 0 Å². The van der Waals surface area contributed by atoms with Crippen LogP contribution >= 0.6 is 23.2 Å². The third kappa shape index (κ3) is 7.17. The van der Waals surface area contributed by atoms with Gasteiger partial charge in [-0.15, -0.1) is 0 Å². The number of rotatable bonds is 7. The third-order valence-corrected chi connectivity index (χ3v) is 5.58. The van der Waals surface area contributed by atoms with Gasteiger partial charge in [-0.2, -0.15) is 4.98 Å². The van der Waals surface area contributed by atoms with Crippen LogP contribution in [0.5, 0.6) is 5.75 Å². The van der Waals surface area contributed by atoms with Crippen molar-refractivity contribution in [2.45, 2.75) is 33.4 Å². The smallest absolute Gasteiger partial charge is 0.309 e. The fourth-order valence-corrected chi connectivity index (χ4v) is 3.81. The highest BCUT2D eigenvalue weighted by molar-refractivity contribution is 6.33. The fourth-order valence-electron chi connectivity index (χ4n) is 3.39. The minimum atomic E-state index is -0.833. The normalized spacial score (nSPS) is 13.7. The predicted molar refractivity (Wildman–Crippen MR) is 131 cm³/mol. The summed E-state index contributed by atoms with van der Waals surface area (Å²) in [7, 11) is 0. The highest BCUT2D eigenvalue weighted by Crippen LogP contribution is 2.33. The Hall–Kier alpha value is -3.14. The zero-order valence-corrected chi connectivity index (χ0v) is 20.9. The highest BCUT2D eigenvalue weighted by Gasteiger charge is 2.32. The molecule has 1 aliphatic heterocycles. The van der Waals surface area contributed by atoms with E-state index >= 15 is 0 Å². The van der Waals surface area contributed by atoms with Crippen molar-refractivity contribution >= 4 is 35.1 Å². The molecule has 0 aliphatic carbocycles. The van der Waals surface area contributed by atoms with E-state index < -0.39 is 11.9 Å². The quantitative estimate of drug-likeness (QED) is 0.436. The number of aliphatic carboxylic acids is 2. The van der Waals surface area contributed by atoms with Gasteiger partial charge in [0.25, 0.3) is 11.9 Å². The van der Waals surface area contributed by atoms with Crippen LogP contribution < -0.4 is 4.74 Å². The van der Waals surface area contributed by atoms with E-state index in [4.69, 9.17) is 47.5 Å². The molecule has 0 unspecified atom stereocenters. The van der Waals surface area contributed by atoms with Gasteiger partial charge in [0.2, 0.25) is 5.82 Å². The molecule has 0 saturated carbocycles. The first-order chi connectivity index (χ1) is 16.5. The number of ether oxygens (including phenoxy) is 1. The van der Waals surface area contributed by atoms with Crippen molar-refractivity contribution in [3.8, 4) is 28.6 Å². The zero-order valence-electron chi connectivity index (χ0n) is 19.4. The molecule has 1 aliphatic rings. The Morgan fingerprint density at radius 2 is 1.83 bits per heavy atom. The maximum absolute atomic E-state index is 11.0. The molecule has 3 aromatic rings. The number of benzene rings is 2. The molecule has 186 valence electrons. The van der Waals surface area contributed by atoms with Crippen molar-refractivity contribution in [3.63, 3.8) is 0 Å². The number of aromatic nitrogens is 2. The summed E-state index contributed by atoms with van der Waals surface area (Å²) in [4.78, 5) is 26.5. The number of nitrogens with zero attached hydrogens (tertiary/aromatic N) is 3. The molecular weight excluding hydrogens is 497 g/mol. The lowest BCUT2D eigenvalue weighted by Gasteiger charge is -2.36. The Morgan fingerprint density at radius 1 is 1.14 bits per heavy atom. The van der Waals surface area contributed by atoms with Gasteiger partial charge in [0.15, 0.2) is 0 Å². The first-order valence-corrected chi connectivity index (χ1v) is 11.5. The highest BCUT2D eigenvalue weighted by atomic mass is 35.5.